The van der Waals surface area contributed by atoms with Gasteiger partial charge < -0.3 is 14.5 Å². The molecule has 0 radical (unpaired) electrons. The number of hydrogen-bond acceptors (Lipinski definition) is 3. The van der Waals surface area contributed by atoms with Crippen molar-refractivity contribution in [1.29, 1.82) is 0 Å². The van der Waals surface area contributed by atoms with Crippen molar-refractivity contribution in [3.05, 3.63) is 29.8 Å². The van der Waals surface area contributed by atoms with E-state index >= 15 is 0 Å². The molecule has 0 unspecified atom stereocenters. The molecule has 1 aromatic carbocycles. The van der Waals surface area contributed by atoms with E-state index in [-0.39, 0.29) is 17.2 Å². The zero-order chi connectivity index (χ0) is 20.0. The van der Waals surface area contributed by atoms with Crippen LogP contribution in [-0.2, 0) is 16.0 Å². The zero-order valence-electron chi connectivity index (χ0n) is 17.0. The molecule has 2 saturated heterocycles. The molecule has 0 aliphatic carbocycles. The number of methoxy groups -OCH3 is 1. The number of benzene rings is 1. The van der Waals surface area contributed by atoms with Gasteiger partial charge in [-0.05, 0) is 54.7 Å². The van der Waals surface area contributed by atoms with Crippen LogP contribution in [0.4, 0.5) is 0 Å². The highest BCUT2D eigenvalue weighted by Crippen LogP contribution is 2.40. The molecular weight excluding hydrogens is 352 g/mol. The molecule has 2 amide bonds. The Hall–Kier alpha value is -2.48. The number of piperidine rings is 1. The van der Waals surface area contributed by atoms with E-state index in [9.17, 15) is 9.59 Å². The van der Waals surface area contributed by atoms with E-state index in [1.807, 2.05) is 34.1 Å². The zero-order valence-corrected chi connectivity index (χ0v) is 17.0. The number of rotatable bonds is 4. The lowest BCUT2D eigenvalue weighted by Crippen LogP contribution is -2.45. The summed E-state index contributed by atoms with van der Waals surface area (Å²) in [5.41, 5.74) is 1.14. The molecule has 1 spiro atoms. The summed E-state index contributed by atoms with van der Waals surface area (Å²) in [6.07, 6.45) is 5.10. The van der Waals surface area contributed by atoms with Crippen molar-refractivity contribution >= 4 is 11.8 Å². The summed E-state index contributed by atoms with van der Waals surface area (Å²) in [7, 11) is 1.63. The van der Waals surface area contributed by atoms with E-state index in [4.69, 9.17) is 4.74 Å². The fourth-order valence-electron chi connectivity index (χ4n) is 4.16. The van der Waals surface area contributed by atoms with Gasteiger partial charge in [-0.25, -0.2) is 0 Å². The standard InChI is InChI=1S/C23H30N2O3/c1-3-4-5-9-21(26)25-15-12-23(18-25)10-13-24(14-11-23)22(27)17-19-7-6-8-20(16-19)28-2/h6-8,16H,3-4,10-15,17-18H2,1-2H3. The lowest BCUT2D eigenvalue weighted by atomic mass is 9.77. The van der Waals surface area contributed by atoms with Gasteiger partial charge in [-0.1, -0.05) is 25.0 Å². The molecule has 0 aromatic heterocycles. The number of ether oxygens (including phenoxy) is 1. The van der Waals surface area contributed by atoms with Crippen molar-refractivity contribution < 1.29 is 14.3 Å². The van der Waals surface area contributed by atoms with Crippen LogP contribution in [0.5, 0.6) is 5.75 Å². The highest BCUT2D eigenvalue weighted by Gasteiger charge is 2.42. The second-order valence-electron chi connectivity index (χ2n) is 7.94. The van der Waals surface area contributed by atoms with Crippen molar-refractivity contribution in [1.82, 2.24) is 9.80 Å². The number of nitrogens with zero attached hydrogens (tertiary/aromatic N) is 2. The van der Waals surface area contributed by atoms with E-state index in [1.54, 1.807) is 7.11 Å². The van der Waals surface area contributed by atoms with Crippen LogP contribution < -0.4 is 4.74 Å². The Bertz CT molecular complexity index is 770. The average Bonchev–Trinajstić information content (AvgIpc) is 3.12. The summed E-state index contributed by atoms with van der Waals surface area (Å²) >= 11 is 0. The van der Waals surface area contributed by atoms with Gasteiger partial charge in [-0.3, -0.25) is 9.59 Å². The molecule has 2 fully saturated rings. The minimum atomic E-state index is -0.0399. The van der Waals surface area contributed by atoms with Crippen molar-refractivity contribution in [2.45, 2.75) is 45.4 Å². The predicted octanol–water partition coefficient (Wildman–Crippen LogP) is 2.88. The monoisotopic (exact) mass is 382 g/mol. The summed E-state index contributed by atoms with van der Waals surface area (Å²) in [4.78, 5) is 28.8. The molecule has 0 atom stereocenters. The highest BCUT2D eigenvalue weighted by atomic mass is 16.5. The molecule has 0 saturated carbocycles. The maximum Gasteiger partial charge on any atom is 0.298 e. The van der Waals surface area contributed by atoms with Gasteiger partial charge in [-0.15, -0.1) is 0 Å². The number of amides is 2. The van der Waals surface area contributed by atoms with Gasteiger partial charge in [0.25, 0.3) is 5.91 Å². The van der Waals surface area contributed by atoms with Crippen molar-refractivity contribution in [2.75, 3.05) is 33.3 Å². The number of carbonyl (C=O) groups excluding carboxylic acids is 2. The van der Waals surface area contributed by atoms with Gasteiger partial charge in [0, 0.05) is 32.6 Å². The Morgan fingerprint density at radius 2 is 1.86 bits per heavy atom. The summed E-state index contributed by atoms with van der Waals surface area (Å²) in [6.45, 7) is 5.17. The van der Waals surface area contributed by atoms with Gasteiger partial charge in [0.15, 0.2) is 0 Å². The normalized spacial score (nSPS) is 17.9. The van der Waals surface area contributed by atoms with Crippen LogP contribution in [0.3, 0.4) is 0 Å². The highest BCUT2D eigenvalue weighted by molar-refractivity contribution is 5.93. The van der Waals surface area contributed by atoms with E-state index < -0.39 is 0 Å². The predicted molar refractivity (Wildman–Crippen MR) is 109 cm³/mol. The minimum Gasteiger partial charge on any atom is -0.497 e. The third-order valence-corrected chi connectivity index (χ3v) is 5.96. The summed E-state index contributed by atoms with van der Waals surface area (Å²) in [5.74, 6) is 6.63. The van der Waals surface area contributed by atoms with Gasteiger partial charge in [0.2, 0.25) is 5.91 Å². The quantitative estimate of drug-likeness (QED) is 0.753. The molecule has 1 aromatic rings. The van der Waals surface area contributed by atoms with E-state index in [2.05, 4.69) is 18.8 Å². The molecule has 2 aliphatic rings. The largest absolute Gasteiger partial charge is 0.497 e. The molecule has 0 N–H and O–H groups in total. The lowest BCUT2D eigenvalue weighted by Gasteiger charge is -2.39. The fourth-order valence-corrected chi connectivity index (χ4v) is 4.16. The van der Waals surface area contributed by atoms with E-state index in [0.717, 1.165) is 69.6 Å². The van der Waals surface area contributed by atoms with E-state index in [0.29, 0.717) is 6.42 Å². The minimum absolute atomic E-state index is 0.0399. The van der Waals surface area contributed by atoms with Gasteiger partial charge in [0.05, 0.1) is 13.5 Å². The number of carbonyl (C=O) groups is 2. The maximum absolute atomic E-state index is 12.7. The van der Waals surface area contributed by atoms with Crippen LogP contribution in [-0.4, -0.2) is 54.9 Å². The number of unbranched alkanes of at least 4 members (excludes halogenated alkanes) is 1. The average molecular weight is 383 g/mol. The molecular formula is C23H30N2O3. The number of likely N-dealkylation sites (tertiary alicyclic amines) is 2. The number of hydrogen-bond donors (Lipinski definition) is 0. The fraction of sp³-hybridized carbons (Fsp3) is 0.565. The first-order chi connectivity index (χ1) is 13.5. The van der Waals surface area contributed by atoms with Crippen LogP contribution in [0, 0.1) is 17.3 Å². The molecule has 150 valence electrons. The maximum atomic E-state index is 12.7. The Morgan fingerprint density at radius 1 is 1.14 bits per heavy atom. The van der Waals surface area contributed by atoms with Crippen molar-refractivity contribution in [2.24, 2.45) is 5.41 Å². The van der Waals surface area contributed by atoms with Gasteiger partial charge >= 0.3 is 0 Å². The van der Waals surface area contributed by atoms with E-state index in [1.165, 1.54) is 0 Å². The summed E-state index contributed by atoms with van der Waals surface area (Å²) in [6, 6.07) is 7.69. The van der Waals surface area contributed by atoms with Crippen LogP contribution in [0.15, 0.2) is 24.3 Å². The van der Waals surface area contributed by atoms with Crippen LogP contribution in [0.1, 0.15) is 44.6 Å². The SMILES string of the molecule is CCCC#CC(=O)N1CCC2(CCN(C(=O)Cc3cccc(OC)c3)CC2)C1. The molecule has 3 rings (SSSR count). The van der Waals surface area contributed by atoms with Crippen LogP contribution in [0.25, 0.3) is 0 Å². The Labute approximate surface area is 168 Å². The second-order valence-corrected chi connectivity index (χ2v) is 7.94. The Balaban J connectivity index is 1.51. The molecule has 28 heavy (non-hydrogen) atoms. The molecule has 5 nitrogen and oxygen atoms in total. The smallest absolute Gasteiger partial charge is 0.298 e. The molecule has 5 heteroatoms. The third-order valence-electron chi connectivity index (χ3n) is 5.96. The lowest BCUT2D eigenvalue weighted by molar-refractivity contribution is -0.133. The third kappa shape index (κ3) is 4.86. The topological polar surface area (TPSA) is 49.9 Å². The summed E-state index contributed by atoms with van der Waals surface area (Å²) in [5, 5.41) is 0. The summed E-state index contributed by atoms with van der Waals surface area (Å²) < 4.78 is 5.24. The second kappa shape index (κ2) is 9.14. The van der Waals surface area contributed by atoms with Crippen molar-refractivity contribution in [3.63, 3.8) is 0 Å². The van der Waals surface area contributed by atoms with Crippen molar-refractivity contribution in [3.8, 4) is 17.6 Å². The first kappa shape index (κ1) is 20.3. The van der Waals surface area contributed by atoms with Gasteiger partial charge in [0.1, 0.15) is 5.75 Å². The molecule has 2 aliphatic heterocycles. The Kier molecular flexibility index (Phi) is 6.61. The molecule has 0 bridgehead atoms. The van der Waals surface area contributed by atoms with Crippen LogP contribution >= 0.6 is 0 Å². The van der Waals surface area contributed by atoms with Gasteiger partial charge in [-0.2, -0.15) is 0 Å². The van der Waals surface area contributed by atoms with Crippen LogP contribution in [0.2, 0.25) is 0 Å². The Morgan fingerprint density at radius 3 is 2.54 bits per heavy atom. The first-order valence-electron chi connectivity index (χ1n) is 10.2. The first-order valence-corrected chi connectivity index (χ1v) is 10.2. The molecule has 2 heterocycles.